The van der Waals surface area contributed by atoms with Gasteiger partial charge in [-0.05, 0) is 110 Å². The van der Waals surface area contributed by atoms with Crippen LogP contribution in [0.25, 0.3) is 0 Å². The Bertz CT molecular complexity index is 661. The number of aliphatic hydroxyl groups excluding tert-OH is 1. The molecule has 0 aromatic carbocycles. The van der Waals surface area contributed by atoms with Crippen molar-refractivity contribution in [1.29, 1.82) is 0 Å². The Balaban J connectivity index is 1.50. The van der Waals surface area contributed by atoms with Crippen LogP contribution >= 0.6 is 0 Å². The first-order chi connectivity index (χ1) is 14.7. The van der Waals surface area contributed by atoms with E-state index >= 15 is 0 Å². The van der Waals surface area contributed by atoms with E-state index < -0.39 is 0 Å². The molecular formula is C30H52O. The Morgan fingerprint density at radius 1 is 0.935 bits per heavy atom. The highest BCUT2D eigenvalue weighted by molar-refractivity contribution is 5.34. The molecule has 0 saturated heterocycles. The summed E-state index contributed by atoms with van der Waals surface area (Å²) in [6, 6.07) is 0. The van der Waals surface area contributed by atoms with Gasteiger partial charge in [0.25, 0.3) is 0 Å². The van der Waals surface area contributed by atoms with Crippen LogP contribution < -0.4 is 0 Å². The lowest BCUT2D eigenvalue weighted by Gasteiger charge is -2.56. The standard InChI is InChI=1S/C30H52O/c1-20(2)23(16-19-31)10-9-22(4)26-13-14-27-24-11-12-25-21(3)8-7-17-29(25,5)28(24)15-18-30(26,27)6/h20-23,25-27,31H,7-19H2,1-6H3/t21-,22-,23+,25?,26-,27+,29+,30-/m1/s1. The Morgan fingerprint density at radius 2 is 1.71 bits per heavy atom. The predicted molar refractivity (Wildman–Crippen MR) is 133 cm³/mol. The summed E-state index contributed by atoms with van der Waals surface area (Å²) in [6.45, 7) is 15.5. The highest BCUT2D eigenvalue weighted by Gasteiger charge is 2.56. The molecule has 0 spiro atoms. The SMILES string of the molecule is CC(C)[C@H](CCO)CC[C@@H](C)[C@H]1CC[C@H]2C3=C(CC[C@]12C)[C@@]1(C)CCC[C@@H](C)C1CC3. The maximum atomic E-state index is 9.48. The molecular weight excluding hydrogens is 376 g/mol. The van der Waals surface area contributed by atoms with Crippen LogP contribution in [-0.2, 0) is 0 Å². The van der Waals surface area contributed by atoms with Gasteiger partial charge in [0.15, 0.2) is 0 Å². The van der Waals surface area contributed by atoms with E-state index in [1.807, 2.05) is 11.1 Å². The van der Waals surface area contributed by atoms with Crippen molar-refractivity contribution in [2.24, 2.45) is 52.3 Å². The van der Waals surface area contributed by atoms with E-state index in [4.69, 9.17) is 0 Å². The van der Waals surface area contributed by atoms with Crippen molar-refractivity contribution in [3.05, 3.63) is 11.1 Å². The summed E-state index contributed by atoms with van der Waals surface area (Å²) in [7, 11) is 0. The number of rotatable bonds is 7. The Labute approximate surface area is 193 Å². The molecule has 0 bridgehead atoms. The highest BCUT2D eigenvalue weighted by atomic mass is 16.3. The number of hydrogen-bond donors (Lipinski definition) is 1. The smallest absolute Gasteiger partial charge is 0.0433 e. The first kappa shape index (κ1) is 23.8. The Morgan fingerprint density at radius 3 is 2.42 bits per heavy atom. The van der Waals surface area contributed by atoms with Gasteiger partial charge in [-0.25, -0.2) is 0 Å². The summed E-state index contributed by atoms with van der Waals surface area (Å²) >= 11 is 0. The fourth-order valence-corrected chi connectivity index (χ4v) is 9.62. The lowest BCUT2D eigenvalue weighted by Crippen LogP contribution is -2.45. The summed E-state index contributed by atoms with van der Waals surface area (Å²) in [6.07, 6.45) is 16.7. The summed E-state index contributed by atoms with van der Waals surface area (Å²) in [4.78, 5) is 0. The summed E-state index contributed by atoms with van der Waals surface area (Å²) in [5, 5.41) is 9.48. The third-order valence-electron chi connectivity index (χ3n) is 11.5. The molecule has 8 atom stereocenters. The van der Waals surface area contributed by atoms with Gasteiger partial charge in [0.1, 0.15) is 0 Å². The molecule has 2 fully saturated rings. The molecule has 4 rings (SSSR count). The van der Waals surface area contributed by atoms with E-state index in [0.717, 1.165) is 36.0 Å². The van der Waals surface area contributed by atoms with Gasteiger partial charge in [-0.3, -0.25) is 0 Å². The summed E-state index contributed by atoms with van der Waals surface area (Å²) in [5.74, 6) is 5.91. The van der Waals surface area contributed by atoms with Gasteiger partial charge < -0.3 is 5.11 Å². The monoisotopic (exact) mass is 428 g/mol. The molecule has 1 nitrogen and oxygen atoms in total. The molecule has 4 aliphatic carbocycles. The maximum absolute atomic E-state index is 9.48. The molecule has 0 aromatic heterocycles. The Hall–Kier alpha value is -0.300. The molecule has 4 aliphatic rings. The van der Waals surface area contributed by atoms with Gasteiger partial charge in [0, 0.05) is 6.61 Å². The third kappa shape index (κ3) is 4.08. The lowest BCUT2D eigenvalue weighted by atomic mass is 9.49. The first-order valence-electron chi connectivity index (χ1n) is 14.1. The number of allylic oxidation sites excluding steroid dienone is 2. The minimum Gasteiger partial charge on any atom is -0.396 e. The molecule has 0 radical (unpaired) electrons. The van der Waals surface area contributed by atoms with Gasteiger partial charge in [0.2, 0.25) is 0 Å². The molecule has 0 aromatic rings. The predicted octanol–water partition coefficient (Wildman–Crippen LogP) is 8.42. The fraction of sp³-hybridized carbons (Fsp3) is 0.933. The maximum Gasteiger partial charge on any atom is 0.0433 e. The van der Waals surface area contributed by atoms with Crippen LogP contribution in [0.4, 0.5) is 0 Å². The topological polar surface area (TPSA) is 20.2 Å². The molecule has 31 heavy (non-hydrogen) atoms. The normalized spacial score (nSPS) is 42.2. The van der Waals surface area contributed by atoms with E-state index in [1.165, 1.54) is 70.6 Å². The summed E-state index contributed by atoms with van der Waals surface area (Å²) < 4.78 is 0. The molecule has 1 heteroatoms. The third-order valence-corrected chi connectivity index (χ3v) is 11.5. The number of fused-ring (bicyclic) bond motifs is 4. The van der Waals surface area contributed by atoms with E-state index in [0.29, 0.717) is 29.3 Å². The zero-order valence-electron chi connectivity index (χ0n) is 21.7. The minimum atomic E-state index is 0.357. The van der Waals surface area contributed by atoms with E-state index in [1.54, 1.807) is 0 Å². The number of aliphatic hydroxyl groups is 1. The van der Waals surface area contributed by atoms with Gasteiger partial charge in [-0.15, -0.1) is 0 Å². The fourth-order valence-electron chi connectivity index (χ4n) is 9.62. The average molecular weight is 429 g/mol. The van der Waals surface area contributed by atoms with Crippen molar-refractivity contribution < 1.29 is 5.11 Å². The second-order valence-corrected chi connectivity index (χ2v) is 13.2. The van der Waals surface area contributed by atoms with Gasteiger partial charge in [-0.2, -0.15) is 0 Å². The molecule has 1 unspecified atom stereocenters. The molecule has 1 N–H and O–H groups in total. The van der Waals surface area contributed by atoms with Crippen molar-refractivity contribution >= 4 is 0 Å². The minimum absolute atomic E-state index is 0.357. The highest BCUT2D eigenvalue weighted by Crippen LogP contribution is 2.66. The van der Waals surface area contributed by atoms with Crippen molar-refractivity contribution in [3.63, 3.8) is 0 Å². The molecule has 0 heterocycles. The van der Waals surface area contributed by atoms with Crippen molar-refractivity contribution in [1.82, 2.24) is 0 Å². The zero-order chi connectivity index (χ0) is 22.4. The van der Waals surface area contributed by atoms with Crippen LogP contribution in [0, 0.1) is 52.3 Å². The van der Waals surface area contributed by atoms with Crippen LogP contribution in [0.1, 0.15) is 119 Å². The average Bonchev–Trinajstić information content (AvgIpc) is 3.08. The zero-order valence-corrected chi connectivity index (χ0v) is 21.7. The van der Waals surface area contributed by atoms with Crippen LogP contribution in [0.5, 0.6) is 0 Å². The Kier molecular flexibility index (Phi) is 7.04. The molecule has 2 saturated carbocycles. The van der Waals surface area contributed by atoms with Crippen molar-refractivity contribution in [3.8, 4) is 0 Å². The lowest BCUT2D eigenvalue weighted by molar-refractivity contribution is 0.0429. The van der Waals surface area contributed by atoms with Gasteiger partial charge >= 0.3 is 0 Å². The van der Waals surface area contributed by atoms with Gasteiger partial charge in [0.05, 0.1) is 0 Å². The second kappa shape index (κ2) is 9.15. The first-order valence-corrected chi connectivity index (χ1v) is 14.1. The van der Waals surface area contributed by atoms with Crippen LogP contribution in [0.3, 0.4) is 0 Å². The van der Waals surface area contributed by atoms with E-state index in [-0.39, 0.29) is 0 Å². The second-order valence-electron chi connectivity index (χ2n) is 13.2. The van der Waals surface area contributed by atoms with Crippen molar-refractivity contribution in [2.45, 2.75) is 119 Å². The largest absolute Gasteiger partial charge is 0.396 e. The number of hydrogen-bond acceptors (Lipinski definition) is 1. The van der Waals surface area contributed by atoms with E-state index in [9.17, 15) is 5.11 Å². The van der Waals surface area contributed by atoms with Crippen LogP contribution in [0.15, 0.2) is 11.1 Å². The molecule has 0 aliphatic heterocycles. The quantitative estimate of drug-likeness (QED) is 0.403. The molecule has 178 valence electrons. The van der Waals surface area contributed by atoms with Crippen molar-refractivity contribution in [2.75, 3.05) is 6.61 Å². The molecule has 0 amide bonds. The van der Waals surface area contributed by atoms with E-state index in [2.05, 4.69) is 41.5 Å². The van der Waals surface area contributed by atoms with Crippen LogP contribution in [-0.4, -0.2) is 11.7 Å². The summed E-state index contributed by atoms with van der Waals surface area (Å²) in [5.41, 5.74) is 5.02. The van der Waals surface area contributed by atoms with Gasteiger partial charge in [-0.1, -0.05) is 72.0 Å². The van der Waals surface area contributed by atoms with Crippen LogP contribution in [0.2, 0.25) is 0 Å².